The zero-order valence-corrected chi connectivity index (χ0v) is 33.9. The third-order valence-corrected chi connectivity index (χ3v) is 15.3. The smallest absolute Gasteiger partial charge is 0.0378 e. The molecule has 3 unspecified atom stereocenters. The van der Waals surface area contributed by atoms with E-state index in [2.05, 4.69) is 34.6 Å². The summed E-state index contributed by atoms with van der Waals surface area (Å²) in [7, 11) is 8.75. The normalized spacial score (nSPS) is 34.1. The van der Waals surface area contributed by atoms with Crippen LogP contribution in [0.5, 0.6) is 0 Å². The van der Waals surface area contributed by atoms with Gasteiger partial charge in [-0.15, -0.1) is 27.7 Å². The lowest BCUT2D eigenvalue weighted by Gasteiger charge is -2.36. The molecule has 50 heavy (non-hydrogen) atoms. The van der Waals surface area contributed by atoms with E-state index in [1.54, 1.807) is 109 Å². The Kier molecular flexibility index (Phi) is 33.6. The highest BCUT2D eigenvalue weighted by atomic mass is 31.0. The molecule has 304 valence electrons. The minimum absolute atomic E-state index is 0. The molecule has 0 nitrogen and oxygen atoms in total. The van der Waals surface area contributed by atoms with Gasteiger partial charge in [0.1, 0.15) is 0 Å². The largest absolute Gasteiger partial charge is 0.138 e. The fourth-order valence-electron chi connectivity index (χ4n) is 11.3. The molecule has 5 aliphatic carbocycles. The summed E-state index contributed by atoms with van der Waals surface area (Å²) in [5.74, 6) is 10.8. The van der Waals surface area contributed by atoms with E-state index < -0.39 is 0 Å². The van der Waals surface area contributed by atoms with Crippen molar-refractivity contribution >= 4 is 27.7 Å². The van der Waals surface area contributed by atoms with Crippen molar-refractivity contribution in [1.29, 1.82) is 0 Å². The van der Waals surface area contributed by atoms with Crippen LogP contribution in [0, 0.1) is 59.2 Å². The summed E-state index contributed by atoms with van der Waals surface area (Å²) in [6.45, 7) is 2.35. The molecule has 0 bridgehead atoms. The molecular formula is C47H101P3. The van der Waals surface area contributed by atoms with Gasteiger partial charge in [0, 0.05) is 0 Å². The summed E-state index contributed by atoms with van der Waals surface area (Å²) in [5.41, 5.74) is 0. The molecule has 5 aliphatic rings. The molecule has 3 heteroatoms. The monoisotopic (exact) mass is 759 g/mol. The van der Waals surface area contributed by atoms with Gasteiger partial charge in [-0.05, 0) is 116 Å². The van der Waals surface area contributed by atoms with Crippen molar-refractivity contribution in [1.82, 2.24) is 0 Å². The number of rotatable bonds is 14. The molecule has 5 rings (SSSR count). The topological polar surface area (TPSA) is 0 Å². The Morgan fingerprint density at radius 1 is 0.280 bits per heavy atom. The maximum Gasteiger partial charge on any atom is -0.0378 e. The molecule has 0 amide bonds. The lowest BCUT2D eigenvalue weighted by molar-refractivity contribution is 0.163. The van der Waals surface area contributed by atoms with Crippen LogP contribution in [0.1, 0.15) is 224 Å². The third kappa shape index (κ3) is 20.3. The highest BCUT2D eigenvalue weighted by Crippen LogP contribution is 2.43. The highest BCUT2D eigenvalue weighted by Gasteiger charge is 2.30. The molecular weight excluding hydrogens is 657 g/mol. The van der Waals surface area contributed by atoms with E-state index in [0.717, 1.165) is 59.2 Å². The van der Waals surface area contributed by atoms with Crippen LogP contribution in [0.2, 0.25) is 0 Å². The summed E-state index contributed by atoms with van der Waals surface area (Å²) in [5, 5.41) is 0. The van der Waals surface area contributed by atoms with Crippen LogP contribution in [-0.4, -0.2) is 18.5 Å². The quantitative estimate of drug-likeness (QED) is 0.155. The second kappa shape index (κ2) is 31.5. The molecule has 0 aromatic rings. The van der Waals surface area contributed by atoms with Crippen molar-refractivity contribution in [2.45, 2.75) is 224 Å². The predicted molar refractivity (Wildman–Crippen MR) is 247 cm³/mol. The zero-order valence-electron chi connectivity index (χ0n) is 30.4. The van der Waals surface area contributed by atoms with Gasteiger partial charge >= 0.3 is 0 Å². The van der Waals surface area contributed by atoms with Gasteiger partial charge in [-0.3, -0.25) is 0 Å². The molecule has 0 N–H and O–H groups in total. The van der Waals surface area contributed by atoms with Crippen molar-refractivity contribution in [3.05, 3.63) is 0 Å². The minimum Gasteiger partial charge on any atom is -0.138 e. The van der Waals surface area contributed by atoms with E-state index in [1.807, 2.05) is 0 Å². The van der Waals surface area contributed by atoms with E-state index in [9.17, 15) is 0 Å². The molecule has 0 heterocycles. The fourth-order valence-corrected chi connectivity index (χ4v) is 12.7. The van der Waals surface area contributed by atoms with Crippen LogP contribution in [0.3, 0.4) is 0 Å². The van der Waals surface area contributed by atoms with Gasteiger partial charge in [-0.1, -0.05) is 185 Å². The van der Waals surface area contributed by atoms with Crippen LogP contribution in [0.15, 0.2) is 0 Å². The highest BCUT2D eigenvalue weighted by molar-refractivity contribution is 7.16. The minimum atomic E-state index is 0. The molecule has 0 aromatic carbocycles. The average molecular weight is 759 g/mol. The van der Waals surface area contributed by atoms with Gasteiger partial charge in [0.05, 0.1) is 0 Å². The summed E-state index contributed by atoms with van der Waals surface area (Å²) >= 11 is 0. The molecule has 0 aromatic heterocycles. The van der Waals surface area contributed by atoms with Crippen molar-refractivity contribution in [3.63, 3.8) is 0 Å². The first kappa shape index (κ1) is 53.4. The lowest BCUT2D eigenvalue weighted by Crippen LogP contribution is -2.23. The maximum absolute atomic E-state index is 2.93. The molecule has 5 saturated carbocycles. The van der Waals surface area contributed by atoms with E-state index >= 15 is 0 Å². The van der Waals surface area contributed by atoms with Gasteiger partial charge in [-0.2, -0.15) is 0 Å². The summed E-state index contributed by atoms with van der Waals surface area (Å²) in [6.07, 6.45) is 46.9. The lowest BCUT2D eigenvalue weighted by atomic mass is 9.70. The standard InChI is InChI=1S/C24H46P2.C18H35P.5CH4/c25-15-13-19-1-5-21(6-2-19)17-23-9-11-24(12-10-23)18-22-7-3-20(4-8-22)14-16-26;1-2-3-15-4-8-17(9-5-15)14-18-10-6-16(7-11-18)12-13-19;;;;;/h19-24H,1-18,25-26H2;15-18H,2-14,19H2,1H3;5*1H4. The zero-order chi connectivity index (χ0) is 31.7. The van der Waals surface area contributed by atoms with Crippen LogP contribution in [0.4, 0.5) is 0 Å². The second-order valence-electron chi connectivity index (χ2n) is 17.7. The SMILES string of the molecule is C.C.C.C.C.CCCC1CCC(CC2CCC(CCP)CC2)CC1.PCCC1CCC(CC2CCC(CC3CCC(CCP)CC3)CC2)CC1. The number of hydrogen-bond donors (Lipinski definition) is 0. The molecule has 0 saturated heterocycles. The first-order chi connectivity index (χ1) is 22.1. The predicted octanol–water partition coefficient (Wildman–Crippen LogP) is 17.0. The van der Waals surface area contributed by atoms with Gasteiger partial charge in [0.15, 0.2) is 0 Å². The van der Waals surface area contributed by atoms with Crippen LogP contribution in [-0.2, 0) is 0 Å². The van der Waals surface area contributed by atoms with Gasteiger partial charge < -0.3 is 0 Å². The van der Waals surface area contributed by atoms with Gasteiger partial charge in [-0.25, -0.2) is 0 Å². The van der Waals surface area contributed by atoms with Crippen molar-refractivity contribution < 1.29 is 0 Å². The third-order valence-electron chi connectivity index (χ3n) is 14.3. The molecule has 5 fully saturated rings. The van der Waals surface area contributed by atoms with Crippen LogP contribution < -0.4 is 0 Å². The second-order valence-corrected chi connectivity index (χ2v) is 19.4. The van der Waals surface area contributed by atoms with Crippen molar-refractivity contribution in [2.75, 3.05) is 18.5 Å². The van der Waals surface area contributed by atoms with Crippen molar-refractivity contribution in [3.8, 4) is 0 Å². The van der Waals surface area contributed by atoms with Crippen LogP contribution >= 0.6 is 27.7 Å². The average Bonchev–Trinajstić information content (AvgIpc) is 3.07. The first-order valence-corrected chi connectivity index (χ1v) is 23.6. The molecule has 0 spiro atoms. The van der Waals surface area contributed by atoms with Gasteiger partial charge in [0.2, 0.25) is 0 Å². The van der Waals surface area contributed by atoms with E-state index in [-0.39, 0.29) is 37.1 Å². The number of hydrogen-bond acceptors (Lipinski definition) is 0. The van der Waals surface area contributed by atoms with E-state index in [0.29, 0.717) is 0 Å². The molecule has 3 atom stereocenters. The Hall–Kier alpha value is 1.29. The van der Waals surface area contributed by atoms with Gasteiger partial charge in [0.25, 0.3) is 0 Å². The van der Waals surface area contributed by atoms with Crippen LogP contribution in [0.25, 0.3) is 0 Å². The Morgan fingerprint density at radius 2 is 0.440 bits per heavy atom. The fraction of sp³-hybridized carbons (Fsp3) is 1.00. The summed E-state index contributed by atoms with van der Waals surface area (Å²) in [4.78, 5) is 0. The van der Waals surface area contributed by atoms with Crippen molar-refractivity contribution in [2.24, 2.45) is 59.2 Å². The first-order valence-electron chi connectivity index (χ1n) is 21.2. The van der Waals surface area contributed by atoms with E-state index in [4.69, 9.17) is 0 Å². The molecule has 0 radical (unpaired) electrons. The Bertz CT molecular complexity index is 640. The Labute approximate surface area is 328 Å². The summed E-state index contributed by atoms with van der Waals surface area (Å²) < 4.78 is 0. The molecule has 0 aliphatic heterocycles. The van der Waals surface area contributed by atoms with E-state index in [1.165, 1.54) is 89.1 Å². The Balaban J connectivity index is 0. The maximum atomic E-state index is 2.93. The Morgan fingerprint density at radius 3 is 0.600 bits per heavy atom. The summed E-state index contributed by atoms with van der Waals surface area (Å²) in [6, 6.07) is 0.